The zero-order valence-corrected chi connectivity index (χ0v) is 20.9. The second kappa shape index (κ2) is 10.6. The molecule has 176 valence electrons. The minimum Gasteiger partial charge on any atom is -0.650 e. The summed E-state index contributed by atoms with van der Waals surface area (Å²) in [5, 5.41) is 0. The van der Waals surface area contributed by atoms with E-state index in [2.05, 4.69) is 40.2 Å². The number of carbonyl (C=O) groups excluding carboxylic acids is 1. The average Bonchev–Trinajstić information content (AvgIpc) is 3.07. The first-order valence-corrected chi connectivity index (χ1v) is 14.1. The third-order valence-electron chi connectivity index (χ3n) is 7.67. The monoisotopic (exact) mass is 464 g/mol. The number of hydrogen-bond donors (Lipinski definition) is 0. The number of Topliss-reactive ketones (excluding diaryl/α,β-unsaturated/α-hetero) is 1. The summed E-state index contributed by atoms with van der Waals surface area (Å²) >= 11 is 0. The minimum absolute atomic E-state index is 0.0686. The number of fused-ring (bicyclic) bond motifs is 1. The number of allylic oxidation sites excluding steroid dienone is 1. The molecular weight excluding hydrogens is 427 g/mol. The summed E-state index contributed by atoms with van der Waals surface area (Å²) in [6.45, 7) is 9.10. The Labute approximate surface area is 199 Å². The number of benzene rings is 2. The van der Waals surface area contributed by atoms with Crippen LogP contribution in [0.3, 0.4) is 0 Å². The molecule has 1 heterocycles. The number of rotatable bonds is 9. The molecule has 0 amide bonds. The van der Waals surface area contributed by atoms with Crippen LogP contribution in [0.5, 0.6) is 0 Å². The molecule has 2 unspecified atom stereocenters. The molecule has 2 aromatic rings. The molecule has 1 aliphatic heterocycles. The average molecular weight is 465 g/mol. The molecule has 4 atom stereocenters. The first kappa shape index (κ1) is 24.3. The van der Waals surface area contributed by atoms with E-state index in [1.807, 2.05) is 56.3 Å². The molecule has 0 aromatic heterocycles. The lowest BCUT2D eigenvalue weighted by Crippen LogP contribution is -2.40. The van der Waals surface area contributed by atoms with Gasteiger partial charge in [-0.1, -0.05) is 93.4 Å². The Morgan fingerprint density at radius 1 is 0.970 bits per heavy atom. The molecule has 0 spiro atoms. The maximum Gasteiger partial charge on any atom is 0.176 e. The molecule has 4 rings (SSSR count). The van der Waals surface area contributed by atoms with Crippen molar-refractivity contribution in [2.45, 2.75) is 64.7 Å². The van der Waals surface area contributed by atoms with Gasteiger partial charge in [-0.05, 0) is 29.9 Å². The van der Waals surface area contributed by atoms with Crippen molar-refractivity contribution in [2.24, 2.45) is 11.8 Å². The van der Waals surface area contributed by atoms with Gasteiger partial charge in [0.2, 0.25) is 0 Å². The Hall–Kier alpha value is -1.84. The van der Waals surface area contributed by atoms with Crippen molar-refractivity contribution in [3.05, 3.63) is 84.4 Å². The topological polar surface area (TPSA) is 46.6 Å². The van der Waals surface area contributed by atoms with Gasteiger partial charge >= 0.3 is 0 Å². The lowest BCUT2D eigenvalue weighted by atomic mass is 9.90. The summed E-state index contributed by atoms with van der Waals surface area (Å²) in [5.41, 5.74) is 2.31. The lowest BCUT2D eigenvalue weighted by Gasteiger charge is -2.41. The molecular formula is C28H37N2O2P. The van der Waals surface area contributed by atoms with Gasteiger partial charge in [-0.2, -0.15) is 9.34 Å². The Bertz CT molecular complexity index is 878. The van der Waals surface area contributed by atoms with Crippen molar-refractivity contribution in [1.82, 2.24) is 9.34 Å². The Morgan fingerprint density at radius 3 is 1.85 bits per heavy atom. The molecule has 5 heteroatoms. The van der Waals surface area contributed by atoms with E-state index in [0.29, 0.717) is 13.1 Å². The second-order valence-corrected chi connectivity index (χ2v) is 12.4. The molecule has 0 radical (unpaired) electrons. The molecule has 2 aliphatic rings. The molecule has 2 fully saturated rings. The molecule has 1 aliphatic carbocycles. The zero-order valence-electron chi connectivity index (χ0n) is 20.0. The second-order valence-electron chi connectivity index (χ2n) is 9.76. The van der Waals surface area contributed by atoms with Crippen LogP contribution < -0.4 is 4.89 Å². The van der Waals surface area contributed by atoms with E-state index in [0.717, 1.165) is 36.8 Å². The highest BCUT2D eigenvalue weighted by Crippen LogP contribution is 2.67. The molecule has 0 bridgehead atoms. The smallest absolute Gasteiger partial charge is 0.176 e. The van der Waals surface area contributed by atoms with E-state index in [-0.39, 0.29) is 35.9 Å². The van der Waals surface area contributed by atoms with Crippen LogP contribution in [0.2, 0.25) is 0 Å². The predicted octanol–water partition coefficient (Wildman–Crippen LogP) is 5.47. The van der Waals surface area contributed by atoms with Gasteiger partial charge in [-0.25, -0.2) is 0 Å². The van der Waals surface area contributed by atoms with Gasteiger partial charge in [-0.3, -0.25) is 4.79 Å². The quantitative estimate of drug-likeness (QED) is 0.365. The van der Waals surface area contributed by atoms with Gasteiger partial charge in [0, 0.05) is 5.92 Å². The van der Waals surface area contributed by atoms with Crippen LogP contribution in [0.15, 0.2) is 73.3 Å². The molecule has 1 saturated carbocycles. The van der Waals surface area contributed by atoms with Gasteiger partial charge in [0.15, 0.2) is 5.78 Å². The highest BCUT2D eigenvalue weighted by molar-refractivity contribution is 7.65. The SMILES string of the molecule is C=C[C@H](C)[C@@H](C)C(=O)C[P+]1([O-])N(Cc2ccccc2)C2CCCCC2N1Cc1ccccc1. The van der Waals surface area contributed by atoms with Crippen molar-refractivity contribution >= 4 is 13.6 Å². The van der Waals surface area contributed by atoms with E-state index in [1.54, 1.807) is 0 Å². The highest BCUT2D eigenvalue weighted by Gasteiger charge is 2.59. The van der Waals surface area contributed by atoms with Crippen LogP contribution in [-0.2, 0) is 17.9 Å². The molecule has 2 aromatic carbocycles. The fourth-order valence-electron chi connectivity index (χ4n) is 5.42. The summed E-state index contributed by atoms with van der Waals surface area (Å²) < 4.78 is 4.47. The Morgan fingerprint density at radius 2 is 1.42 bits per heavy atom. The third-order valence-corrected chi connectivity index (χ3v) is 10.9. The molecule has 1 saturated heterocycles. The van der Waals surface area contributed by atoms with Gasteiger partial charge in [0.25, 0.3) is 0 Å². The maximum atomic E-state index is 15.1. The summed E-state index contributed by atoms with van der Waals surface area (Å²) in [6, 6.07) is 21.1. The van der Waals surface area contributed by atoms with E-state index in [9.17, 15) is 4.79 Å². The number of ketones is 1. The summed E-state index contributed by atoms with van der Waals surface area (Å²) in [5.74, 6) is -0.0345. The van der Waals surface area contributed by atoms with Crippen molar-refractivity contribution in [3.8, 4) is 0 Å². The van der Waals surface area contributed by atoms with Crippen LogP contribution >= 0.6 is 7.79 Å². The fourth-order valence-corrected chi connectivity index (χ4v) is 9.01. The zero-order chi connectivity index (χ0) is 23.4. The summed E-state index contributed by atoms with van der Waals surface area (Å²) in [4.78, 5) is 28.5. The normalized spacial score (nSPS) is 27.6. The first-order chi connectivity index (χ1) is 15.9. The van der Waals surface area contributed by atoms with Gasteiger partial charge in [-0.15, -0.1) is 6.58 Å². The van der Waals surface area contributed by atoms with Gasteiger partial charge in [0.05, 0.1) is 25.2 Å². The van der Waals surface area contributed by atoms with Crippen molar-refractivity contribution in [2.75, 3.05) is 6.16 Å². The van der Waals surface area contributed by atoms with Crippen LogP contribution in [0, 0.1) is 11.8 Å². The fraction of sp³-hybridized carbons (Fsp3) is 0.464. The van der Waals surface area contributed by atoms with Crippen LogP contribution in [-0.4, -0.2) is 33.4 Å². The minimum atomic E-state index is -3.10. The number of hydrogen-bond acceptors (Lipinski definition) is 4. The Balaban J connectivity index is 1.71. The lowest BCUT2D eigenvalue weighted by molar-refractivity contribution is -0.192. The summed E-state index contributed by atoms with van der Waals surface area (Å²) in [6.07, 6.45) is 6.33. The third kappa shape index (κ3) is 5.15. The first-order valence-electron chi connectivity index (χ1n) is 12.3. The van der Waals surface area contributed by atoms with Gasteiger partial charge in [0.1, 0.15) is 14.0 Å². The predicted molar refractivity (Wildman–Crippen MR) is 135 cm³/mol. The Kier molecular flexibility index (Phi) is 7.81. The van der Waals surface area contributed by atoms with E-state index in [4.69, 9.17) is 0 Å². The van der Waals surface area contributed by atoms with Crippen LogP contribution in [0.4, 0.5) is 0 Å². The van der Waals surface area contributed by atoms with Crippen LogP contribution in [0.1, 0.15) is 50.7 Å². The maximum absolute atomic E-state index is 15.1. The van der Waals surface area contributed by atoms with Crippen molar-refractivity contribution < 1.29 is 9.69 Å². The summed E-state index contributed by atoms with van der Waals surface area (Å²) in [7, 11) is -3.10. The largest absolute Gasteiger partial charge is 0.650 e. The van der Waals surface area contributed by atoms with E-state index in [1.165, 1.54) is 0 Å². The molecule has 0 N–H and O–H groups in total. The van der Waals surface area contributed by atoms with Crippen LogP contribution in [0.25, 0.3) is 0 Å². The van der Waals surface area contributed by atoms with E-state index >= 15 is 4.89 Å². The van der Waals surface area contributed by atoms with Gasteiger partial charge < -0.3 is 4.89 Å². The number of carbonyl (C=O) groups is 1. The number of nitrogens with zero attached hydrogens (tertiary/aromatic N) is 2. The molecule has 4 nitrogen and oxygen atoms in total. The van der Waals surface area contributed by atoms with Crippen molar-refractivity contribution in [1.29, 1.82) is 0 Å². The van der Waals surface area contributed by atoms with E-state index < -0.39 is 7.79 Å². The molecule has 33 heavy (non-hydrogen) atoms. The highest BCUT2D eigenvalue weighted by atomic mass is 31.2. The van der Waals surface area contributed by atoms with Crippen molar-refractivity contribution in [3.63, 3.8) is 0 Å². The standard InChI is InChI=1S/C28H37N2O2P/c1-4-22(2)23(3)28(31)21-33(32)29(19-24-13-7-5-8-14-24)26-17-11-12-18-27(26)30(33)20-25-15-9-6-10-16-25/h4-10,13-16,22-23,26-27H,1,11-12,17-21H2,2-3H3/t22-,23+,26?,27?,33?/m0/s1.